The number of hydrogen-bond acceptors (Lipinski definition) is 5. The van der Waals surface area contributed by atoms with Crippen LogP contribution in [-0.4, -0.2) is 44.4 Å². The van der Waals surface area contributed by atoms with Gasteiger partial charge < -0.3 is 14.8 Å². The second-order valence-electron chi connectivity index (χ2n) is 8.44. The van der Waals surface area contributed by atoms with Crippen molar-refractivity contribution < 1.29 is 22.7 Å². The van der Waals surface area contributed by atoms with Gasteiger partial charge >= 0.3 is 0 Å². The molecule has 1 amide bonds. The van der Waals surface area contributed by atoms with E-state index in [2.05, 4.69) is 5.32 Å². The number of carbonyl (C=O) groups is 1. The van der Waals surface area contributed by atoms with Crippen molar-refractivity contribution in [2.75, 3.05) is 25.0 Å². The van der Waals surface area contributed by atoms with E-state index in [-0.39, 0.29) is 17.9 Å². The molecule has 2 aromatic rings. The number of fused-ring (bicyclic) bond motifs is 1. The first-order valence-electron chi connectivity index (χ1n) is 11.4. The highest BCUT2D eigenvalue weighted by molar-refractivity contribution is 7.92. The average Bonchev–Trinajstić information content (AvgIpc) is 3.17. The van der Waals surface area contributed by atoms with Gasteiger partial charge in [0.25, 0.3) is 0 Å². The molecule has 2 aromatic carbocycles. The van der Waals surface area contributed by atoms with Gasteiger partial charge in [0, 0.05) is 42.5 Å². The molecular weight excluding hydrogens is 440 g/mol. The maximum atomic E-state index is 13.0. The SMILES string of the molecule is CCOc1cc2c(cc1NC(=O)C1CCN(S(=O)(=O)/C=C/c3ccccc3)CC1)OC(C)C2. The molecule has 0 aromatic heterocycles. The lowest BCUT2D eigenvalue weighted by Gasteiger charge is -2.29. The van der Waals surface area contributed by atoms with Crippen molar-refractivity contribution in [3.63, 3.8) is 0 Å². The van der Waals surface area contributed by atoms with E-state index in [0.29, 0.717) is 44.0 Å². The molecular formula is C25H30N2O5S. The molecule has 0 spiro atoms. The summed E-state index contributed by atoms with van der Waals surface area (Å²) in [4.78, 5) is 13.0. The van der Waals surface area contributed by atoms with Gasteiger partial charge in [0.15, 0.2) is 0 Å². The van der Waals surface area contributed by atoms with Gasteiger partial charge in [-0.3, -0.25) is 4.79 Å². The lowest BCUT2D eigenvalue weighted by atomic mass is 9.97. The molecule has 8 heteroatoms. The van der Waals surface area contributed by atoms with Crippen LogP contribution in [-0.2, 0) is 21.2 Å². The van der Waals surface area contributed by atoms with Crippen LogP contribution in [0.15, 0.2) is 47.9 Å². The maximum Gasteiger partial charge on any atom is 0.236 e. The quantitative estimate of drug-likeness (QED) is 0.660. The second kappa shape index (κ2) is 9.97. The van der Waals surface area contributed by atoms with E-state index in [4.69, 9.17) is 9.47 Å². The van der Waals surface area contributed by atoms with Crippen molar-refractivity contribution in [1.29, 1.82) is 0 Å². The largest absolute Gasteiger partial charge is 0.492 e. The fourth-order valence-electron chi connectivity index (χ4n) is 4.23. The first-order chi connectivity index (χ1) is 15.9. The molecule has 2 heterocycles. The van der Waals surface area contributed by atoms with E-state index in [1.54, 1.807) is 6.08 Å². The van der Waals surface area contributed by atoms with E-state index >= 15 is 0 Å². The molecule has 4 rings (SSSR count). The molecule has 7 nitrogen and oxygen atoms in total. The summed E-state index contributed by atoms with van der Waals surface area (Å²) in [5.74, 6) is 1.01. The first-order valence-corrected chi connectivity index (χ1v) is 12.9. The Hall–Kier alpha value is -2.84. The molecule has 1 N–H and O–H groups in total. The highest BCUT2D eigenvalue weighted by atomic mass is 32.2. The van der Waals surface area contributed by atoms with Crippen molar-refractivity contribution in [2.45, 2.75) is 39.2 Å². The number of piperidine rings is 1. The summed E-state index contributed by atoms with van der Waals surface area (Å²) < 4.78 is 38.4. The Kier molecular flexibility index (Phi) is 7.05. The van der Waals surface area contributed by atoms with Crippen LogP contribution in [0, 0.1) is 5.92 Å². The molecule has 1 saturated heterocycles. The summed E-state index contributed by atoms with van der Waals surface area (Å²) in [6.45, 7) is 5.02. The smallest absolute Gasteiger partial charge is 0.236 e. The van der Waals surface area contributed by atoms with Gasteiger partial charge in [-0.15, -0.1) is 0 Å². The van der Waals surface area contributed by atoms with Crippen LogP contribution in [0.1, 0.15) is 37.8 Å². The minimum Gasteiger partial charge on any atom is -0.492 e. The highest BCUT2D eigenvalue weighted by Gasteiger charge is 2.31. The molecule has 1 fully saturated rings. The summed E-state index contributed by atoms with van der Waals surface area (Å²) in [6, 6.07) is 13.1. The summed E-state index contributed by atoms with van der Waals surface area (Å²) in [6.07, 6.45) is 3.44. The Bertz CT molecular complexity index is 1120. The zero-order valence-electron chi connectivity index (χ0n) is 19.0. The Morgan fingerprint density at radius 3 is 2.64 bits per heavy atom. The summed E-state index contributed by atoms with van der Waals surface area (Å²) in [7, 11) is -3.53. The molecule has 1 atom stereocenters. The predicted octanol–water partition coefficient (Wildman–Crippen LogP) is 4.06. The summed E-state index contributed by atoms with van der Waals surface area (Å²) >= 11 is 0. The van der Waals surface area contributed by atoms with Crippen LogP contribution < -0.4 is 14.8 Å². The van der Waals surface area contributed by atoms with Crippen LogP contribution in [0.2, 0.25) is 0 Å². The van der Waals surface area contributed by atoms with E-state index in [1.807, 2.05) is 56.3 Å². The minimum absolute atomic E-state index is 0.0997. The zero-order valence-corrected chi connectivity index (χ0v) is 19.8. The number of nitrogens with zero attached hydrogens (tertiary/aromatic N) is 1. The molecule has 2 aliphatic heterocycles. The van der Waals surface area contributed by atoms with Crippen LogP contribution in [0.4, 0.5) is 5.69 Å². The first kappa shape index (κ1) is 23.3. The summed E-state index contributed by atoms with van der Waals surface area (Å²) in [5, 5.41) is 4.22. The van der Waals surface area contributed by atoms with Crippen LogP contribution in [0.3, 0.4) is 0 Å². The average molecular weight is 471 g/mol. The molecule has 0 saturated carbocycles. The van der Waals surface area contributed by atoms with E-state index in [1.165, 1.54) is 9.71 Å². The molecule has 1 unspecified atom stereocenters. The van der Waals surface area contributed by atoms with Crippen molar-refractivity contribution in [2.24, 2.45) is 5.92 Å². The number of nitrogens with one attached hydrogen (secondary N) is 1. The van der Waals surface area contributed by atoms with Gasteiger partial charge in [-0.2, -0.15) is 4.31 Å². The lowest BCUT2D eigenvalue weighted by molar-refractivity contribution is -0.120. The number of hydrogen-bond donors (Lipinski definition) is 1. The Labute approximate surface area is 195 Å². The zero-order chi connectivity index (χ0) is 23.4. The van der Waals surface area contributed by atoms with Gasteiger partial charge in [-0.1, -0.05) is 30.3 Å². The number of carbonyl (C=O) groups excluding carboxylic acids is 1. The molecule has 2 aliphatic rings. The van der Waals surface area contributed by atoms with Gasteiger partial charge in [0.1, 0.15) is 17.6 Å². The number of ether oxygens (including phenoxy) is 2. The fourth-order valence-corrected chi connectivity index (χ4v) is 5.46. The molecule has 0 radical (unpaired) electrons. The molecule has 0 aliphatic carbocycles. The standard InChI is InChI=1S/C25H30N2O5S/c1-3-31-24-16-21-15-18(2)32-23(21)17-22(24)26-25(28)20-9-12-27(13-10-20)33(29,30)14-11-19-7-5-4-6-8-19/h4-8,11,14,16-18,20H,3,9-10,12-13,15H2,1-2H3,(H,26,28)/b14-11+. The Morgan fingerprint density at radius 2 is 1.94 bits per heavy atom. The van der Waals surface area contributed by atoms with E-state index in [0.717, 1.165) is 23.3 Å². The fraction of sp³-hybridized carbons (Fsp3) is 0.400. The third-order valence-electron chi connectivity index (χ3n) is 5.97. The number of amides is 1. The number of anilines is 1. The number of benzene rings is 2. The number of rotatable bonds is 7. The van der Waals surface area contributed by atoms with Gasteiger partial charge in [-0.05, 0) is 44.4 Å². The molecule has 0 bridgehead atoms. The minimum atomic E-state index is -3.53. The van der Waals surface area contributed by atoms with Crippen molar-refractivity contribution >= 4 is 27.7 Å². The molecule has 176 valence electrons. The van der Waals surface area contributed by atoms with E-state index in [9.17, 15) is 13.2 Å². The normalized spacial score (nSPS) is 19.3. The molecule has 33 heavy (non-hydrogen) atoms. The van der Waals surface area contributed by atoms with Crippen molar-refractivity contribution in [3.8, 4) is 11.5 Å². The Morgan fingerprint density at radius 1 is 1.21 bits per heavy atom. The van der Waals surface area contributed by atoms with E-state index < -0.39 is 10.0 Å². The third kappa shape index (κ3) is 5.57. The topological polar surface area (TPSA) is 84.9 Å². The lowest BCUT2D eigenvalue weighted by Crippen LogP contribution is -2.40. The highest BCUT2D eigenvalue weighted by Crippen LogP contribution is 2.38. The summed E-state index contributed by atoms with van der Waals surface area (Å²) in [5.41, 5.74) is 2.50. The van der Waals surface area contributed by atoms with Crippen LogP contribution in [0.5, 0.6) is 11.5 Å². The monoisotopic (exact) mass is 470 g/mol. The van der Waals surface area contributed by atoms with Crippen molar-refractivity contribution in [1.82, 2.24) is 4.31 Å². The van der Waals surface area contributed by atoms with Crippen LogP contribution in [0.25, 0.3) is 6.08 Å². The Balaban J connectivity index is 1.38. The van der Waals surface area contributed by atoms with Crippen LogP contribution >= 0.6 is 0 Å². The predicted molar refractivity (Wildman–Crippen MR) is 129 cm³/mol. The van der Waals surface area contributed by atoms with Crippen molar-refractivity contribution in [3.05, 3.63) is 59.0 Å². The van der Waals surface area contributed by atoms with Gasteiger partial charge in [0.05, 0.1) is 12.3 Å². The second-order valence-corrected chi connectivity index (χ2v) is 10.3. The van der Waals surface area contributed by atoms with Gasteiger partial charge in [0.2, 0.25) is 15.9 Å². The third-order valence-corrected chi connectivity index (χ3v) is 7.54. The van der Waals surface area contributed by atoms with Gasteiger partial charge in [-0.25, -0.2) is 8.42 Å². The number of sulfonamides is 1. The maximum absolute atomic E-state index is 13.0.